The highest BCUT2D eigenvalue weighted by Crippen LogP contribution is 2.32. The zero-order valence-electron chi connectivity index (χ0n) is 6.93. The first-order valence-electron chi connectivity index (χ1n) is 4.04. The van der Waals surface area contributed by atoms with Crippen LogP contribution in [0.2, 0.25) is 0 Å². The fourth-order valence-corrected chi connectivity index (χ4v) is 1.51. The lowest BCUT2D eigenvalue weighted by Crippen LogP contribution is -2.60. The van der Waals surface area contributed by atoms with E-state index in [0.29, 0.717) is 6.42 Å². The maximum Gasteiger partial charge on any atom is 0.264 e. The smallest absolute Gasteiger partial charge is 0.264 e. The van der Waals surface area contributed by atoms with Gasteiger partial charge in [-0.2, -0.15) is 0 Å². The predicted molar refractivity (Wildman–Crippen MR) is 39.1 cm³/mol. The van der Waals surface area contributed by atoms with Crippen LogP contribution in [0.3, 0.4) is 0 Å². The van der Waals surface area contributed by atoms with Gasteiger partial charge in [-0.1, -0.05) is 0 Å². The Bertz CT molecular complexity index is 211. The van der Waals surface area contributed by atoms with Gasteiger partial charge in [-0.05, 0) is 12.8 Å². The number of halogens is 2. The molecule has 0 aliphatic heterocycles. The van der Waals surface area contributed by atoms with E-state index in [9.17, 15) is 18.7 Å². The zero-order valence-corrected chi connectivity index (χ0v) is 6.93. The number of nitrogens with two attached hydrogens (primary N) is 1. The summed E-state index contributed by atoms with van der Waals surface area (Å²) in [7, 11) is 0. The van der Waals surface area contributed by atoms with E-state index in [0.717, 1.165) is 0 Å². The molecule has 0 aromatic rings. The molecule has 2 atom stereocenters. The molecule has 1 amide bonds. The molecule has 0 radical (unpaired) electrons. The average molecular weight is 193 g/mol. The zero-order chi connectivity index (χ0) is 10.1. The molecule has 0 aromatic carbocycles. The van der Waals surface area contributed by atoms with Gasteiger partial charge in [0.25, 0.3) is 5.92 Å². The molecule has 3 N–H and O–H groups in total. The summed E-state index contributed by atoms with van der Waals surface area (Å²) in [6.07, 6.45) is -1.23. The highest BCUT2D eigenvalue weighted by Gasteiger charge is 2.44. The summed E-state index contributed by atoms with van der Waals surface area (Å²) in [5, 5.41) is 12.0. The summed E-state index contributed by atoms with van der Waals surface area (Å²) in [6, 6.07) is -2.34. The van der Waals surface area contributed by atoms with Crippen molar-refractivity contribution in [1.82, 2.24) is 5.32 Å². The van der Waals surface area contributed by atoms with Gasteiger partial charge in [-0.25, -0.2) is 8.78 Å². The Balaban J connectivity index is 2.60. The van der Waals surface area contributed by atoms with E-state index >= 15 is 0 Å². The van der Waals surface area contributed by atoms with Crippen molar-refractivity contribution in [3.8, 4) is 0 Å². The van der Waals surface area contributed by atoms with Gasteiger partial charge in [0.2, 0.25) is 0 Å². The molecule has 1 aliphatic rings. The van der Waals surface area contributed by atoms with Gasteiger partial charge in [0, 0.05) is 12.5 Å². The number of alkyl halides is 2. The fourth-order valence-electron chi connectivity index (χ4n) is 1.51. The number of carbonyl (C=O) groups is 1. The van der Waals surface area contributed by atoms with E-state index in [-0.39, 0.29) is 12.8 Å². The molecule has 6 heteroatoms. The lowest BCUT2D eigenvalue weighted by Gasteiger charge is -2.36. The largest absolute Gasteiger partial charge is 0.530 e. The highest BCUT2D eigenvalue weighted by atomic mass is 19.3. The van der Waals surface area contributed by atoms with Crippen molar-refractivity contribution in [2.75, 3.05) is 0 Å². The quantitative estimate of drug-likeness (QED) is 0.585. The van der Waals surface area contributed by atoms with Gasteiger partial charge in [0.1, 0.15) is 6.09 Å². The molecule has 1 rings (SSSR count). The molecule has 13 heavy (non-hydrogen) atoms. The Labute approximate surface area is 74.1 Å². The van der Waals surface area contributed by atoms with E-state index in [2.05, 4.69) is 0 Å². The lowest BCUT2D eigenvalue weighted by molar-refractivity contribution is -0.252. The minimum atomic E-state index is -2.98. The molecular weight excluding hydrogens is 182 g/mol. The van der Waals surface area contributed by atoms with Crippen molar-refractivity contribution >= 4 is 6.09 Å². The van der Waals surface area contributed by atoms with Crippen LogP contribution in [-0.2, 0) is 0 Å². The van der Waals surface area contributed by atoms with E-state index < -0.39 is 24.1 Å². The monoisotopic (exact) mass is 193 g/mol. The van der Waals surface area contributed by atoms with Gasteiger partial charge in [0.15, 0.2) is 0 Å². The van der Waals surface area contributed by atoms with Crippen molar-refractivity contribution in [3.63, 3.8) is 0 Å². The fraction of sp³-hybridized carbons (Fsp3) is 0.857. The van der Waals surface area contributed by atoms with Crippen LogP contribution >= 0.6 is 0 Å². The average Bonchev–Trinajstić information content (AvgIpc) is 1.98. The number of carboxylic acid groups (broad SMARTS) is 1. The van der Waals surface area contributed by atoms with Crippen molar-refractivity contribution in [2.24, 2.45) is 5.73 Å². The molecule has 0 spiro atoms. The van der Waals surface area contributed by atoms with Gasteiger partial charge in [-0.3, -0.25) is 0 Å². The van der Waals surface area contributed by atoms with E-state index in [1.165, 1.54) is 0 Å². The van der Waals surface area contributed by atoms with Gasteiger partial charge in [0.05, 0.1) is 6.04 Å². The summed E-state index contributed by atoms with van der Waals surface area (Å²) in [4.78, 5) is 10.1. The summed E-state index contributed by atoms with van der Waals surface area (Å²) in [5.41, 5.74) is 5.20. The topological polar surface area (TPSA) is 78.2 Å². The first kappa shape index (κ1) is 10.2. The third kappa shape index (κ3) is 2.27. The van der Waals surface area contributed by atoms with Crippen LogP contribution in [0.25, 0.3) is 0 Å². The molecule has 1 saturated carbocycles. The van der Waals surface area contributed by atoms with Crippen molar-refractivity contribution < 1.29 is 18.7 Å². The molecule has 0 saturated heterocycles. The second-order valence-corrected chi connectivity index (χ2v) is 3.22. The van der Waals surface area contributed by atoms with Gasteiger partial charge < -0.3 is 21.0 Å². The number of carbonyl (C=O) groups excluding carboxylic acids is 1. The van der Waals surface area contributed by atoms with E-state index in [1.807, 2.05) is 5.32 Å². The summed E-state index contributed by atoms with van der Waals surface area (Å²) in [5.74, 6) is -2.98. The molecule has 0 heterocycles. The number of rotatable bonds is 1. The first-order chi connectivity index (χ1) is 5.93. The SMILES string of the molecule is N[C@@H]1[C@H](NC(=O)[O-])CCCC1(F)F. The van der Waals surface area contributed by atoms with E-state index in [4.69, 9.17) is 5.73 Å². The maximum atomic E-state index is 12.9. The standard InChI is InChI=1S/C7H12F2N2O2/c8-7(9)3-1-2-4(5(7)10)11-6(12)13/h4-5,11H,1-3,10H2,(H,12,13)/p-1/t4-,5-/m1/s1. The summed E-state index contributed by atoms with van der Waals surface area (Å²) < 4.78 is 25.8. The van der Waals surface area contributed by atoms with Crippen LogP contribution in [0.15, 0.2) is 0 Å². The predicted octanol–water partition coefficient (Wildman–Crippen LogP) is -0.566. The number of amides is 1. The summed E-state index contributed by atoms with van der Waals surface area (Å²) in [6.45, 7) is 0. The van der Waals surface area contributed by atoms with Crippen LogP contribution in [0, 0.1) is 0 Å². The molecule has 0 unspecified atom stereocenters. The van der Waals surface area contributed by atoms with Crippen LogP contribution < -0.4 is 16.2 Å². The van der Waals surface area contributed by atoms with Crippen LogP contribution in [0.4, 0.5) is 13.6 Å². The lowest BCUT2D eigenvalue weighted by atomic mass is 9.88. The molecule has 1 fully saturated rings. The third-order valence-electron chi connectivity index (χ3n) is 2.25. The van der Waals surface area contributed by atoms with Crippen LogP contribution in [0.5, 0.6) is 0 Å². The normalized spacial score (nSPS) is 32.5. The highest BCUT2D eigenvalue weighted by molar-refractivity contribution is 5.62. The Kier molecular flexibility index (Phi) is 2.70. The van der Waals surface area contributed by atoms with Crippen molar-refractivity contribution in [3.05, 3.63) is 0 Å². The molecular formula is C7H11F2N2O2-. The third-order valence-corrected chi connectivity index (χ3v) is 2.25. The molecule has 4 nitrogen and oxygen atoms in total. The molecule has 0 aromatic heterocycles. The Morgan fingerprint density at radius 2 is 2.23 bits per heavy atom. The van der Waals surface area contributed by atoms with Gasteiger partial charge in [-0.15, -0.1) is 0 Å². The maximum absolute atomic E-state index is 12.9. The van der Waals surface area contributed by atoms with Gasteiger partial charge >= 0.3 is 0 Å². The molecule has 1 aliphatic carbocycles. The minimum Gasteiger partial charge on any atom is -0.530 e. The van der Waals surface area contributed by atoms with E-state index in [1.54, 1.807) is 0 Å². The van der Waals surface area contributed by atoms with Crippen molar-refractivity contribution in [1.29, 1.82) is 0 Å². The minimum absolute atomic E-state index is 0.269. The Morgan fingerprint density at radius 3 is 2.77 bits per heavy atom. The first-order valence-corrected chi connectivity index (χ1v) is 4.04. The summed E-state index contributed by atoms with van der Waals surface area (Å²) >= 11 is 0. The second-order valence-electron chi connectivity index (χ2n) is 3.22. The van der Waals surface area contributed by atoms with Crippen LogP contribution in [0.1, 0.15) is 19.3 Å². The Morgan fingerprint density at radius 1 is 1.62 bits per heavy atom. The van der Waals surface area contributed by atoms with Crippen LogP contribution in [-0.4, -0.2) is 24.1 Å². The second kappa shape index (κ2) is 3.45. The molecule has 0 bridgehead atoms. The number of hydrogen-bond acceptors (Lipinski definition) is 3. The number of hydrogen-bond donors (Lipinski definition) is 2. The van der Waals surface area contributed by atoms with Crippen molar-refractivity contribution in [2.45, 2.75) is 37.3 Å². The number of nitrogens with one attached hydrogen (secondary N) is 1. The molecule has 76 valence electrons. The Hall–Kier alpha value is -0.910.